The molecule has 1 aromatic carbocycles. The molecule has 6 nitrogen and oxygen atoms in total. The van der Waals surface area contributed by atoms with Crippen LogP contribution in [-0.4, -0.2) is 21.7 Å². The monoisotopic (exact) mass is 273 g/mol. The highest BCUT2D eigenvalue weighted by atomic mass is 16.3. The molecule has 1 aromatic heterocycles. The summed E-state index contributed by atoms with van der Waals surface area (Å²) in [6.07, 6.45) is 1.42. The molecule has 0 aliphatic carbocycles. The molecule has 0 fully saturated rings. The lowest BCUT2D eigenvalue weighted by Crippen LogP contribution is -2.36. The average Bonchev–Trinajstić information content (AvgIpc) is 2.50. The lowest BCUT2D eigenvalue weighted by Gasteiger charge is -2.30. The highest BCUT2D eigenvalue weighted by Crippen LogP contribution is 2.27. The summed E-state index contributed by atoms with van der Waals surface area (Å²) in [7, 11) is 0. The van der Waals surface area contributed by atoms with Gasteiger partial charge in [0, 0.05) is 5.56 Å². The van der Waals surface area contributed by atoms with Crippen LogP contribution in [-0.2, 0) is 5.54 Å². The number of aliphatic hydroxyl groups excluding tert-OH is 1. The molecule has 2 aromatic rings. The van der Waals surface area contributed by atoms with E-state index in [0.717, 1.165) is 11.1 Å². The maximum atomic E-state index is 9.77. The third kappa shape index (κ3) is 2.71. The zero-order valence-electron chi connectivity index (χ0n) is 11.6. The minimum atomic E-state index is -0.633. The number of nitrogens with two attached hydrogens (primary N) is 1. The van der Waals surface area contributed by atoms with Gasteiger partial charge in [-0.3, -0.25) is 0 Å². The molecule has 2 rings (SSSR count). The van der Waals surface area contributed by atoms with Crippen LogP contribution in [0.5, 0.6) is 0 Å². The van der Waals surface area contributed by atoms with Crippen molar-refractivity contribution in [2.45, 2.75) is 19.4 Å². The number of hydrogen-bond acceptors (Lipinski definition) is 6. The fourth-order valence-electron chi connectivity index (χ4n) is 1.99. The Hall–Kier alpha value is -2.18. The molecule has 0 spiro atoms. The molecule has 0 aliphatic rings. The first-order chi connectivity index (χ1) is 9.60. The van der Waals surface area contributed by atoms with Crippen molar-refractivity contribution in [3.63, 3.8) is 0 Å². The van der Waals surface area contributed by atoms with Crippen LogP contribution in [0.1, 0.15) is 18.1 Å². The van der Waals surface area contributed by atoms with E-state index in [-0.39, 0.29) is 6.61 Å². The number of nitrogens with zero attached hydrogens (tertiary/aromatic N) is 2. The SMILES string of the molecule is Cc1c(NN)ncnc1NC(C)(CO)c1ccccc1. The summed E-state index contributed by atoms with van der Waals surface area (Å²) in [5.41, 5.74) is 3.66. The first-order valence-corrected chi connectivity index (χ1v) is 6.33. The van der Waals surface area contributed by atoms with Crippen LogP contribution in [0.2, 0.25) is 0 Å². The Morgan fingerprint density at radius 2 is 1.85 bits per heavy atom. The second-order valence-corrected chi connectivity index (χ2v) is 4.82. The molecule has 20 heavy (non-hydrogen) atoms. The Kier molecular flexibility index (Phi) is 4.16. The van der Waals surface area contributed by atoms with Gasteiger partial charge in [0.15, 0.2) is 0 Å². The van der Waals surface area contributed by atoms with Gasteiger partial charge in [-0.15, -0.1) is 0 Å². The number of aliphatic hydroxyl groups is 1. The quantitative estimate of drug-likeness (QED) is 0.485. The fraction of sp³-hybridized carbons (Fsp3) is 0.286. The second-order valence-electron chi connectivity index (χ2n) is 4.82. The van der Waals surface area contributed by atoms with Gasteiger partial charge in [0.1, 0.15) is 18.0 Å². The average molecular weight is 273 g/mol. The topological polar surface area (TPSA) is 96.1 Å². The van der Waals surface area contributed by atoms with Gasteiger partial charge in [0.2, 0.25) is 0 Å². The van der Waals surface area contributed by atoms with Crippen molar-refractivity contribution in [2.24, 2.45) is 5.84 Å². The van der Waals surface area contributed by atoms with Crippen molar-refractivity contribution >= 4 is 11.6 Å². The standard InChI is InChI=1S/C14H19N5O/c1-10-12(16-9-17-13(10)19-15)18-14(2,8-20)11-6-4-3-5-7-11/h3-7,9,20H,8,15H2,1-2H3,(H2,16,17,18,19). The Labute approximate surface area is 118 Å². The van der Waals surface area contributed by atoms with E-state index in [9.17, 15) is 5.11 Å². The number of nitrogens with one attached hydrogen (secondary N) is 2. The summed E-state index contributed by atoms with van der Waals surface area (Å²) in [6.45, 7) is 3.71. The Balaban J connectivity index is 2.36. The van der Waals surface area contributed by atoms with E-state index in [1.165, 1.54) is 6.33 Å². The largest absolute Gasteiger partial charge is 0.394 e. The molecule has 0 radical (unpaired) electrons. The number of anilines is 2. The molecular formula is C14H19N5O. The number of aromatic nitrogens is 2. The minimum Gasteiger partial charge on any atom is -0.394 e. The molecule has 6 heteroatoms. The summed E-state index contributed by atoms with van der Waals surface area (Å²) >= 11 is 0. The number of rotatable bonds is 5. The third-order valence-electron chi connectivity index (χ3n) is 3.34. The molecule has 5 N–H and O–H groups in total. The number of benzene rings is 1. The number of nitrogen functional groups attached to an aromatic ring is 1. The van der Waals surface area contributed by atoms with Crippen LogP contribution in [0.15, 0.2) is 36.7 Å². The Morgan fingerprint density at radius 1 is 1.20 bits per heavy atom. The van der Waals surface area contributed by atoms with E-state index in [2.05, 4.69) is 20.7 Å². The molecule has 1 atom stereocenters. The van der Waals surface area contributed by atoms with E-state index in [1.54, 1.807) is 0 Å². The van der Waals surface area contributed by atoms with Crippen molar-refractivity contribution < 1.29 is 5.11 Å². The fourth-order valence-corrected chi connectivity index (χ4v) is 1.99. The van der Waals surface area contributed by atoms with Gasteiger partial charge in [-0.1, -0.05) is 30.3 Å². The second kappa shape index (κ2) is 5.85. The minimum absolute atomic E-state index is 0.0636. The number of hydrazine groups is 1. The van der Waals surface area contributed by atoms with E-state index < -0.39 is 5.54 Å². The predicted octanol–water partition coefficient (Wildman–Crippen LogP) is 1.39. The molecule has 0 saturated carbocycles. The number of hydrogen-bond donors (Lipinski definition) is 4. The molecule has 106 valence electrons. The smallest absolute Gasteiger partial charge is 0.148 e. The Morgan fingerprint density at radius 3 is 2.45 bits per heavy atom. The van der Waals surface area contributed by atoms with Gasteiger partial charge in [-0.25, -0.2) is 15.8 Å². The van der Waals surface area contributed by atoms with Gasteiger partial charge in [-0.2, -0.15) is 0 Å². The maximum absolute atomic E-state index is 9.77. The molecular weight excluding hydrogens is 254 g/mol. The zero-order valence-corrected chi connectivity index (χ0v) is 11.6. The highest BCUT2D eigenvalue weighted by molar-refractivity contribution is 5.57. The van der Waals surface area contributed by atoms with Crippen molar-refractivity contribution in [3.05, 3.63) is 47.8 Å². The molecule has 0 bridgehead atoms. The molecule has 1 heterocycles. The summed E-state index contributed by atoms with van der Waals surface area (Å²) in [4.78, 5) is 8.25. The summed E-state index contributed by atoms with van der Waals surface area (Å²) in [5.74, 6) is 6.59. The summed E-state index contributed by atoms with van der Waals surface area (Å²) in [5, 5.41) is 13.0. The van der Waals surface area contributed by atoms with Gasteiger partial charge in [-0.05, 0) is 19.4 Å². The van der Waals surface area contributed by atoms with E-state index in [4.69, 9.17) is 5.84 Å². The zero-order chi connectivity index (χ0) is 14.6. The van der Waals surface area contributed by atoms with Crippen LogP contribution < -0.4 is 16.6 Å². The van der Waals surface area contributed by atoms with E-state index in [1.807, 2.05) is 44.2 Å². The predicted molar refractivity (Wildman–Crippen MR) is 79.1 cm³/mol. The highest BCUT2D eigenvalue weighted by Gasteiger charge is 2.26. The van der Waals surface area contributed by atoms with Gasteiger partial charge >= 0.3 is 0 Å². The van der Waals surface area contributed by atoms with Gasteiger partial charge in [0.05, 0.1) is 12.1 Å². The maximum Gasteiger partial charge on any atom is 0.148 e. The summed E-state index contributed by atoms with van der Waals surface area (Å²) < 4.78 is 0. The van der Waals surface area contributed by atoms with Crippen LogP contribution in [0.4, 0.5) is 11.6 Å². The van der Waals surface area contributed by atoms with Crippen LogP contribution in [0.3, 0.4) is 0 Å². The molecule has 0 aliphatic heterocycles. The van der Waals surface area contributed by atoms with E-state index >= 15 is 0 Å². The summed E-state index contributed by atoms with van der Waals surface area (Å²) in [6, 6.07) is 9.73. The van der Waals surface area contributed by atoms with Crippen molar-refractivity contribution in [2.75, 3.05) is 17.3 Å². The van der Waals surface area contributed by atoms with Crippen molar-refractivity contribution in [3.8, 4) is 0 Å². The normalized spacial score (nSPS) is 13.6. The van der Waals surface area contributed by atoms with Crippen molar-refractivity contribution in [1.82, 2.24) is 9.97 Å². The Bertz CT molecular complexity index is 575. The van der Waals surface area contributed by atoms with Gasteiger partial charge < -0.3 is 15.8 Å². The van der Waals surface area contributed by atoms with E-state index in [0.29, 0.717) is 11.6 Å². The lowest BCUT2D eigenvalue weighted by atomic mass is 9.93. The molecule has 1 unspecified atom stereocenters. The molecule has 0 saturated heterocycles. The van der Waals surface area contributed by atoms with Gasteiger partial charge in [0.25, 0.3) is 0 Å². The first-order valence-electron chi connectivity index (χ1n) is 6.33. The van der Waals surface area contributed by atoms with Crippen LogP contribution in [0, 0.1) is 6.92 Å². The third-order valence-corrected chi connectivity index (χ3v) is 3.34. The van der Waals surface area contributed by atoms with Crippen LogP contribution >= 0.6 is 0 Å². The molecule has 0 amide bonds. The van der Waals surface area contributed by atoms with Crippen molar-refractivity contribution in [1.29, 1.82) is 0 Å². The van der Waals surface area contributed by atoms with Crippen LogP contribution in [0.25, 0.3) is 0 Å². The first kappa shape index (κ1) is 14.2. The lowest BCUT2D eigenvalue weighted by molar-refractivity contribution is 0.223.